The largest absolute Gasteiger partial charge is 0.392 e. The highest BCUT2D eigenvalue weighted by Gasteiger charge is 2.11. The molecule has 1 aromatic carbocycles. The average molecular weight is 318 g/mol. The number of ether oxygens (including phenoxy) is 2. The minimum atomic E-state index is 0.0269. The van der Waals surface area contributed by atoms with Gasteiger partial charge in [-0.25, -0.2) is 0 Å². The van der Waals surface area contributed by atoms with Gasteiger partial charge in [-0.3, -0.25) is 0 Å². The molecular weight excluding hydrogens is 298 g/mol. The third-order valence-corrected chi connectivity index (χ3v) is 3.18. The Morgan fingerprint density at radius 1 is 1.17 bits per heavy atom. The third kappa shape index (κ3) is 4.57. The summed E-state index contributed by atoms with van der Waals surface area (Å²) in [7, 11) is 3.37. The Hall–Kier alpha value is -0.620. The van der Waals surface area contributed by atoms with Crippen LogP contribution in [0.1, 0.15) is 5.56 Å². The van der Waals surface area contributed by atoms with Crippen molar-refractivity contribution in [2.45, 2.75) is 6.61 Å². The Morgan fingerprint density at radius 2 is 1.78 bits per heavy atom. The van der Waals surface area contributed by atoms with Crippen molar-refractivity contribution in [1.29, 1.82) is 0 Å². The lowest BCUT2D eigenvalue weighted by molar-refractivity contribution is 0.190. The van der Waals surface area contributed by atoms with Gasteiger partial charge in [-0.05, 0) is 12.1 Å². The Labute approximate surface area is 117 Å². The van der Waals surface area contributed by atoms with Crippen molar-refractivity contribution in [3.63, 3.8) is 0 Å². The molecule has 0 aromatic heterocycles. The topological polar surface area (TPSA) is 41.9 Å². The van der Waals surface area contributed by atoms with Gasteiger partial charge in [-0.2, -0.15) is 0 Å². The molecule has 0 aliphatic heterocycles. The number of halogens is 1. The number of nitrogens with zero attached hydrogens (tertiary/aromatic N) is 1. The molecule has 0 heterocycles. The molecule has 0 aliphatic rings. The van der Waals surface area contributed by atoms with E-state index in [9.17, 15) is 5.11 Å². The molecule has 0 saturated carbocycles. The highest BCUT2D eigenvalue weighted by Crippen LogP contribution is 2.25. The van der Waals surface area contributed by atoms with Crippen LogP contribution in [-0.4, -0.2) is 45.6 Å². The molecule has 0 amide bonds. The Bertz CT molecular complexity index is 352. The smallest absolute Gasteiger partial charge is 0.0702 e. The zero-order valence-electron chi connectivity index (χ0n) is 10.9. The van der Waals surface area contributed by atoms with Gasteiger partial charge < -0.3 is 19.5 Å². The van der Waals surface area contributed by atoms with E-state index in [0.717, 1.165) is 28.8 Å². The minimum absolute atomic E-state index is 0.0269. The van der Waals surface area contributed by atoms with Gasteiger partial charge in [-0.1, -0.05) is 22.0 Å². The van der Waals surface area contributed by atoms with Crippen molar-refractivity contribution in [1.82, 2.24) is 0 Å². The number of rotatable bonds is 8. The van der Waals surface area contributed by atoms with E-state index in [1.807, 2.05) is 18.2 Å². The van der Waals surface area contributed by atoms with E-state index < -0.39 is 0 Å². The second kappa shape index (κ2) is 8.48. The molecule has 102 valence electrons. The van der Waals surface area contributed by atoms with Gasteiger partial charge in [0.2, 0.25) is 0 Å². The second-order valence-corrected chi connectivity index (χ2v) is 4.82. The summed E-state index contributed by atoms with van der Waals surface area (Å²) in [5.74, 6) is 0. The van der Waals surface area contributed by atoms with E-state index in [-0.39, 0.29) is 6.61 Å². The van der Waals surface area contributed by atoms with Crippen molar-refractivity contribution in [3.05, 3.63) is 28.2 Å². The predicted molar refractivity (Wildman–Crippen MR) is 76.0 cm³/mol. The molecule has 5 heteroatoms. The SMILES string of the molecule is COCCN(CCOC)c1cc(Br)ccc1CO. The van der Waals surface area contributed by atoms with Crippen LogP contribution >= 0.6 is 15.9 Å². The van der Waals surface area contributed by atoms with Crippen LogP contribution in [0.25, 0.3) is 0 Å². The van der Waals surface area contributed by atoms with Crippen LogP contribution < -0.4 is 4.90 Å². The van der Waals surface area contributed by atoms with Crippen LogP contribution in [0, 0.1) is 0 Å². The maximum absolute atomic E-state index is 9.40. The van der Waals surface area contributed by atoms with Gasteiger partial charge in [0.05, 0.1) is 19.8 Å². The summed E-state index contributed by atoms with van der Waals surface area (Å²) in [5, 5.41) is 9.40. The molecule has 0 atom stereocenters. The highest BCUT2D eigenvalue weighted by atomic mass is 79.9. The normalized spacial score (nSPS) is 10.7. The summed E-state index contributed by atoms with van der Waals surface area (Å²) in [6, 6.07) is 5.86. The fraction of sp³-hybridized carbons (Fsp3) is 0.538. The maximum Gasteiger partial charge on any atom is 0.0702 e. The molecule has 1 aromatic rings. The van der Waals surface area contributed by atoms with Gasteiger partial charge in [0, 0.05) is 43.0 Å². The summed E-state index contributed by atoms with van der Waals surface area (Å²) in [6.07, 6.45) is 0. The molecule has 0 bridgehead atoms. The lowest BCUT2D eigenvalue weighted by Gasteiger charge is -2.26. The molecule has 0 fully saturated rings. The van der Waals surface area contributed by atoms with Gasteiger partial charge >= 0.3 is 0 Å². The fourth-order valence-corrected chi connectivity index (χ4v) is 2.07. The molecule has 18 heavy (non-hydrogen) atoms. The van der Waals surface area contributed by atoms with E-state index in [1.165, 1.54) is 0 Å². The molecule has 0 aliphatic carbocycles. The van der Waals surface area contributed by atoms with E-state index in [2.05, 4.69) is 20.8 Å². The van der Waals surface area contributed by atoms with Crippen molar-refractivity contribution in [2.75, 3.05) is 45.4 Å². The lowest BCUT2D eigenvalue weighted by Crippen LogP contribution is -2.31. The first-order chi connectivity index (χ1) is 8.72. The predicted octanol–water partition coefficient (Wildman–Crippen LogP) is 2.04. The molecule has 0 unspecified atom stereocenters. The first-order valence-corrected chi connectivity index (χ1v) is 6.64. The number of hydrogen-bond acceptors (Lipinski definition) is 4. The van der Waals surface area contributed by atoms with E-state index >= 15 is 0 Å². The number of anilines is 1. The Morgan fingerprint density at radius 3 is 2.28 bits per heavy atom. The van der Waals surface area contributed by atoms with Crippen LogP contribution in [0.2, 0.25) is 0 Å². The molecule has 0 saturated heterocycles. The van der Waals surface area contributed by atoms with Crippen LogP contribution in [0.15, 0.2) is 22.7 Å². The Balaban J connectivity index is 2.90. The second-order valence-electron chi connectivity index (χ2n) is 3.90. The minimum Gasteiger partial charge on any atom is -0.392 e. The van der Waals surface area contributed by atoms with E-state index in [1.54, 1.807) is 14.2 Å². The zero-order chi connectivity index (χ0) is 13.4. The van der Waals surface area contributed by atoms with Crippen molar-refractivity contribution in [2.24, 2.45) is 0 Å². The van der Waals surface area contributed by atoms with Crippen LogP contribution in [-0.2, 0) is 16.1 Å². The summed E-state index contributed by atoms with van der Waals surface area (Å²) < 4.78 is 11.2. The van der Waals surface area contributed by atoms with Gasteiger partial charge in [-0.15, -0.1) is 0 Å². The molecule has 0 spiro atoms. The van der Waals surface area contributed by atoms with Gasteiger partial charge in [0.25, 0.3) is 0 Å². The number of aliphatic hydroxyl groups excluding tert-OH is 1. The highest BCUT2D eigenvalue weighted by molar-refractivity contribution is 9.10. The number of hydrogen-bond donors (Lipinski definition) is 1. The van der Waals surface area contributed by atoms with Crippen LogP contribution in [0.4, 0.5) is 5.69 Å². The van der Waals surface area contributed by atoms with Crippen LogP contribution in [0.3, 0.4) is 0 Å². The monoisotopic (exact) mass is 317 g/mol. The maximum atomic E-state index is 9.40. The fourth-order valence-electron chi connectivity index (χ4n) is 1.72. The zero-order valence-corrected chi connectivity index (χ0v) is 12.4. The van der Waals surface area contributed by atoms with Crippen molar-refractivity contribution < 1.29 is 14.6 Å². The van der Waals surface area contributed by atoms with Crippen molar-refractivity contribution in [3.8, 4) is 0 Å². The lowest BCUT2D eigenvalue weighted by atomic mass is 10.1. The van der Waals surface area contributed by atoms with Crippen molar-refractivity contribution >= 4 is 21.6 Å². The first kappa shape index (κ1) is 15.4. The molecular formula is C13H20BrNO3. The number of benzene rings is 1. The summed E-state index contributed by atoms with van der Waals surface area (Å²) in [5.41, 5.74) is 1.92. The molecule has 1 rings (SSSR count). The first-order valence-electron chi connectivity index (χ1n) is 5.85. The van der Waals surface area contributed by atoms with Gasteiger partial charge in [0.15, 0.2) is 0 Å². The van der Waals surface area contributed by atoms with Gasteiger partial charge in [0.1, 0.15) is 0 Å². The quantitative estimate of drug-likeness (QED) is 0.796. The Kier molecular flexibility index (Phi) is 7.27. The van der Waals surface area contributed by atoms with E-state index in [4.69, 9.17) is 9.47 Å². The standard InChI is InChI=1S/C13H20BrNO3/c1-17-7-5-15(6-8-18-2)13-9-12(14)4-3-11(13)10-16/h3-4,9,16H,5-8,10H2,1-2H3. The average Bonchev–Trinajstić information content (AvgIpc) is 2.39. The molecule has 1 N–H and O–H groups in total. The third-order valence-electron chi connectivity index (χ3n) is 2.69. The molecule has 4 nitrogen and oxygen atoms in total. The summed E-state index contributed by atoms with van der Waals surface area (Å²) >= 11 is 3.46. The molecule has 0 radical (unpaired) electrons. The summed E-state index contributed by atoms with van der Waals surface area (Å²) in [4.78, 5) is 2.16. The number of aliphatic hydroxyl groups is 1. The number of methoxy groups -OCH3 is 2. The van der Waals surface area contributed by atoms with Crippen LogP contribution in [0.5, 0.6) is 0 Å². The van der Waals surface area contributed by atoms with E-state index in [0.29, 0.717) is 13.2 Å². The summed E-state index contributed by atoms with van der Waals surface area (Å²) in [6.45, 7) is 2.84.